The highest BCUT2D eigenvalue weighted by atomic mass is 35.5. The highest BCUT2D eigenvalue weighted by Crippen LogP contribution is 2.17. The van der Waals surface area contributed by atoms with Crippen molar-refractivity contribution in [1.29, 1.82) is 0 Å². The first-order valence-corrected chi connectivity index (χ1v) is 5.06. The largest absolute Gasteiger partial charge is 0.489 e. The van der Waals surface area contributed by atoms with Gasteiger partial charge in [-0.2, -0.15) is 0 Å². The fraction of sp³-hybridized carbons (Fsp3) is 0.0769. The summed E-state index contributed by atoms with van der Waals surface area (Å²) in [5.41, 5.74) is 0.989. The van der Waals surface area contributed by atoms with E-state index < -0.39 is 0 Å². The number of ether oxygens (including phenoxy) is 1. The molecule has 0 atom stereocenters. The van der Waals surface area contributed by atoms with Crippen molar-refractivity contribution < 1.29 is 4.74 Å². The zero-order chi connectivity index (χ0) is 10.5. The van der Waals surface area contributed by atoms with Crippen LogP contribution >= 0.6 is 11.6 Å². The Labute approximate surface area is 94.3 Å². The van der Waals surface area contributed by atoms with Gasteiger partial charge in [-0.1, -0.05) is 41.9 Å². The summed E-state index contributed by atoms with van der Waals surface area (Å²) in [6, 6.07) is 18.0. The Morgan fingerprint density at radius 2 is 2.00 bits per heavy atom. The minimum absolute atomic E-state index is 0.484. The smallest absolute Gasteiger partial charge is 0.120 e. The average molecular weight is 218 g/mol. The molecule has 2 rings (SSSR count). The summed E-state index contributed by atoms with van der Waals surface area (Å²) in [5.74, 6) is 0.803. The molecule has 0 fully saturated rings. The second-order valence-corrected chi connectivity index (χ2v) is 3.53. The highest BCUT2D eigenvalue weighted by Gasteiger charge is 1.99. The van der Waals surface area contributed by atoms with E-state index in [2.05, 4.69) is 6.07 Å². The Kier molecular flexibility index (Phi) is 3.25. The number of benzene rings is 2. The van der Waals surface area contributed by atoms with Crippen molar-refractivity contribution in [2.75, 3.05) is 0 Å². The van der Waals surface area contributed by atoms with Crippen LogP contribution in [0.5, 0.6) is 5.75 Å². The molecule has 0 bridgehead atoms. The predicted octanol–water partition coefficient (Wildman–Crippen LogP) is 3.72. The van der Waals surface area contributed by atoms with E-state index in [-0.39, 0.29) is 0 Å². The Hall–Kier alpha value is -1.47. The van der Waals surface area contributed by atoms with Gasteiger partial charge in [0.2, 0.25) is 0 Å². The van der Waals surface area contributed by atoms with Gasteiger partial charge in [-0.25, -0.2) is 0 Å². The Balaban J connectivity index is 2.03. The standard InChI is InChI=1S/C13H10ClO/c14-13-9-5-4-6-11(13)10-15-12-7-2-1-3-8-12/h1-2,4-9H,10H2. The first-order chi connectivity index (χ1) is 7.36. The lowest BCUT2D eigenvalue weighted by Crippen LogP contribution is -1.95. The van der Waals surface area contributed by atoms with Crippen molar-refractivity contribution in [3.8, 4) is 5.75 Å². The molecule has 2 aromatic rings. The minimum atomic E-state index is 0.484. The summed E-state index contributed by atoms with van der Waals surface area (Å²) < 4.78 is 5.56. The van der Waals surface area contributed by atoms with Crippen molar-refractivity contribution in [3.05, 3.63) is 65.2 Å². The summed E-state index contributed by atoms with van der Waals surface area (Å²) >= 11 is 6.00. The maximum absolute atomic E-state index is 6.00. The van der Waals surface area contributed by atoms with E-state index in [1.165, 1.54) is 0 Å². The van der Waals surface area contributed by atoms with Crippen LogP contribution < -0.4 is 4.74 Å². The molecule has 0 unspecified atom stereocenters. The van der Waals surface area contributed by atoms with E-state index in [9.17, 15) is 0 Å². The van der Waals surface area contributed by atoms with Crippen molar-refractivity contribution in [3.63, 3.8) is 0 Å². The second kappa shape index (κ2) is 4.85. The molecule has 0 aliphatic heterocycles. The van der Waals surface area contributed by atoms with Crippen LogP contribution in [0.2, 0.25) is 5.02 Å². The van der Waals surface area contributed by atoms with E-state index in [1.54, 1.807) is 6.07 Å². The van der Waals surface area contributed by atoms with Gasteiger partial charge in [-0.15, -0.1) is 0 Å². The lowest BCUT2D eigenvalue weighted by atomic mass is 10.2. The molecule has 0 N–H and O–H groups in total. The van der Waals surface area contributed by atoms with Gasteiger partial charge in [0.1, 0.15) is 12.4 Å². The van der Waals surface area contributed by atoms with Gasteiger partial charge in [0, 0.05) is 10.6 Å². The molecular weight excluding hydrogens is 208 g/mol. The molecule has 0 aliphatic rings. The van der Waals surface area contributed by atoms with Crippen LogP contribution in [0.3, 0.4) is 0 Å². The summed E-state index contributed by atoms with van der Waals surface area (Å²) in [6.45, 7) is 0.484. The molecule has 0 heterocycles. The van der Waals surface area contributed by atoms with Crippen LogP contribution in [0.25, 0.3) is 0 Å². The van der Waals surface area contributed by atoms with Gasteiger partial charge in [0.15, 0.2) is 0 Å². The number of hydrogen-bond acceptors (Lipinski definition) is 1. The minimum Gasteiger partial charge on any atom is -0.489 e. The Morgan fingerprint density at radius 3 is 2.73 bits per heavy atom. The first kappa shape index (κ1) is 10.1. The molecule has 1 nitrogen and oxygen atoms in total. The van der Waals surface area contributed by atoms with E-state index in [0.717, 1.165) is 16.3 Å². The van der Waals surface area contributed by atoms with Crippen molar-refractivity contribution in [2.24, 2.45) is 0 Å². The van der Waals surface area contributed by atoms with Crippen molar-refractivity contribution in [2.45, 2.75) is 6.61 Å². The molecule has 0 aliphatic carbocycles. The monoisotopic (exact) mass is 217 g/mol. The van der Waals surface area contributed by atoms with Crippen LogP contribution in [-0.4, -0.2) is 0 Å². The molecule has 0 spiro atoms. The fourth-order valence-corrected chi connectivity index (χ4v) is 1.43. The Bertz CT molecular complexity index is 426. The third-order valence-electron chi connectivity index (χ3n) is 2.03. The second-order valence-electron chi connectivity index (χ2n) is 3.12. The van der Waals surface area contributed by atoms with Gasteiger partial charge in [0.05, 0.1) is 0 Å². The molecule has 15 heavy (non-hydrogen) atoms. The van der Waals surface area contributed by atoms with Crippen LogP contribution in [-0.2, 0) is 6.61 Å². The summed E-state index contributed by atoms with van der Waals surface area (Å²) in [4.78, 5) is 0. The van der Waals surface area contributed by atoms with Crippen LogP contribution in [0, 0.1) is 6.07 Å². The molecule has 2 aromatic carbocycles. The van der Waals surface area contributed by atoms with E-state index in [4.69, 9.17) is 16.3 Å². The lowest BCUT2D eigenvalue weighted by molar-refractivity contribution is 0.306. The summed E-state index contributed by atoms with van der Waals surface area (Å²) in [7, 11) is 0. The van der Waals surface area contributed by atoms with Crippen LogP contribution in [0.15, 0.2) is 48.5 Å². The number of halogens is 1. The summed E-state index contributed by atoms with van der Waals surface area (Å²) in [5, 5.41) is 0.734. The molecule has 0 aromatic heterocycles. The van der Waals surface area contributed by atoms with Crippen LogP contribution in [0.1, 0.15) is 5.56 Å². The van der Waals surface area contributed by atoms with Crippen molar-refractivity contribution >= 4 is 11.6 Å². The third kappa shape index (κ3) is 2.74. The molecule has 0 saturated heterocycles. The lowest BCUT2D eigenvalue weighted by Gasteiger charge is -2.06. The molecule has 0 amide bonds. The van der Waals surface area contributed by atoms with Gasteiger partial charge >= 0.3 is 0 Å². The van der Waals surface area contributed by atoms with E-state index in [1.807, 2.05) is 42.5 Å². The van der Waals surface area contributed by atoms with Gasteiger partial charge in [0.25, 0.3) is 0 Å². The molecule has 75 valence electrons. The molecule has 0 saturated carbocycles. The maximum Gasteiger partial charge on any atom is 0.120 e. The molecular formula is C13H10ClO. The SMILES string of the molecule is Clc1ccccc1COc1c[c]ccc1. The number of rotatable bonds is 3. The van der Waals surface area contributed by atoms with E-state index in [0.29, 0.717) is 6.61 Å². The first-order valence-electron chi connectivity index (χ1n) is 4.68. The van der Waals surface area contributed by atoms with Crippen LogP contribution in [0.4, 0.5) is 0 Å². The average Bonchev–Trinajstić information content (AvgIpc) is 2.29. The van der Waals surface area contributed by atoms with Gasteiger partial charge in [-0.05, 0) is 24.3 Å². The highest BCUT2D eigenvalue weighted by molar-refractivity contribution is 6.31. The van der Waals surface area contributed by atoms with Gasteiger partial charge in [-0.3, -0.25) is 0 Å². The quantitative estimate of drug-likeness (QED) is 0.762. The Morgan fingerprint density at radius 1 is 1.13 bits per heavy atom. The normalized spacial score (nSPS) is 9.93. The topological polar surface area (TPSA) is 9.23 Å². The third-order valence-corrected chi connectivity index (χ3v) is 2.40. The summed E-state index contributed by atoms with van der Waals surface area (Å²) in [6.07, 6.45) is 0. The predicted molar refractivity (Wildman–Crippen MR) is 61.1 cm³/mol. The van der Waals surface area contributed by atoms with E-state index >= 15 is 0 Å². The maximum atomic E-state index is 6.00. The fourth-order valence-electron chi connectivity index (χ4n) is 1.24. The zero-order valence-electron chi connectivity index (χ0n) is 8.11. The van der Waals surface area contributed by atoms with Crippen molar-refractivity contribution in [1.82, 2.24) is 0 Å². The molecule has 2 heteroatoms. The molecule has 1 radical (unpaired) electrons. The number of hydrogen-bond donors (Lipinski definition) is 0. The van der Waals surface area contributed by atoms with Gasteiger partial charge < -0.3 is 4.74 Å². The zero-order valence-corrected chi connectivity index (χ0v) is 8.87.